The van der Waals surface area contributed by atoms with Crippen molar-refractivity contribution in [3.8, 4) is 0 Å². The van der Waals surface area contributed by atoms with E-state index in [4.69, 9.17) is 23.2 Å². The molecule has 3 fully saturated rings. The predicted molar refractivity (Wildman–Crippen MR) is 76.4 cm³/mol. The van der Waals surface area contributed by atoms with E-state index in [1.807, 2.05) is 0 Å². The molecule has 3 aliphatic carbocycles. The minimum absolute atomic E-state index is 0.149. The molecule has 0 unspecified atom stereocenters. The van der Waals surface area contributed by atoms with Crippen molar-refractivity contribution < 1.29 is 4.79 Å². The fourth-order valence-corrected chi connectivity index (χ4v) is 4.94. The largest absolute Gasteiger partial charge is 0.325 e. The highest BCUT2D eigenvalue weighted by molar-refractivity contribution is 6.36. The Bertz CT molecular complexity index is 543. The number of halogens is 2. The summed E-state index contributed by atoms with van der Waals surface area (Å²) in [6.45, 7) is 0. The van der Waals surface area contributed by atoms with E-state index in [2.05, 4.69) is 5.32 Å². The second-order valence-corrected chi connectivity index (χ2v) is 6.97. The summed E-state index contributed by atoms with van der Waals surface area (Å²) in [6, 6.07) is 5.19. The number of fused-ring (bicyclic) bond motifs is 5. The van der Waals surface area contributed by atoms with Crippen molar-refractivity contribution in [2.24, 2.45) is 29.6 Å². The number of hydrogen-bond donors (Lipinski definition) is 1. The third-order valence-corrected chi connectivity index (χ3v) is 5.77. The highest BCUT2D eigenvalue weighted by Crippen LogP contribution is 2.69. The maximum atomic E-state index is 12.3. The number of nitrogens with one attached hydrogen (secondary N) is 1. The zero-order valence-electron chi connectivity index (χ0n) is 10.4. The second-order valence-electron chi connectivity index (χ2n) is 6.13. The van der Waals surface area contributed by atoms with E-state index in [0.717, 1.165) is 11.8 Å². The van der Waals surface area contributed by atoms with E-state index < -0.39 is 0 Å². The van der Waals surface area contributed by atoms with Crippen LogP contribution in [0.4, 0.5) is 5.69 Å². The Hall–Kier alpha value is -0.730. The quantitative estimate of drug-likeness (QED) is 0.869. The fraction of sp³-hybridized carbons (Fsp3) is 0.533. The van der Waals surface area contributed by atoms with Crippen LogP contribution >= 0.6 is 23.2 Å². The average Bonchev–Trinajstić information content (AvgIpc) is 2.82. The third-order valence-electron chi connectivity index (χ3n) is 5.23. The summed E-state index contributed by atoms with van der Waals surface area (Å²) >= 11 is 11.9. The molecule has 0 aliphatic heterocycles. The van der Waals surface area contributed by atoms with Gasteiger partial charge in [-0.05, 0) is 61.1 Å². The van der Waals surface area contributed by atoms with E-state index in [9.17, 15) is 4.79 Å². The van der Waals surface area contributed by atoms with Crippen LogP contribution in [-0.4, -0.2) is 5.91 Å². The lowest BCUT2D eigenvalue weighted by Gasteiger charge is -2.10. The molecule has 3 saturated carbocycles. The summed E-state index contributed by atoms with van der Waals surface area (Å²) in [4.78, 5) is 12.3. The van der Waals surface area contributed by atoms with Crippen LogP contribution in [0.15, 0.2) is 18.2 Å². The number of benzene rings is 1. The molecule has 4 heteroatoms. The Morgan fingerprint density at radius 2 is 1.84 bits per heavy atom. The fourth-order valence-electron chi connectivity index (χ4n) is 4.48. The first-order valence-electron chi connectivity index (χ1n) is 6.91. The first-order valence-corrected chi connectivity index (χ1v) is 7.66. The first-order chi connectivity index (χ1) is 9.15. The summed E-state index contributed by atoms with van der Waals surface area (Å²) in [5.74, 6) is 3.32. The van der Waals surface area contributed by atoms with Crippen molar-refractivity contribution in [2.75, 3.05) is 5.32 Å². The van der Waals surface area contributed by atoms with Crippen molar-refractivity contribution >= 4 is 34.8 Å². The molecular weight excluding hydrogens is 281 g/mol. The smallest absolute Gasteiger partial charge is 0.228 e. The second kappa shape index (κ2) is 4.13. The van der Waals surface area contributed by atoms with Gasteiger partial charge >= 0.3 is 0 Å². The predicted octanol–water partition coefficient (Wildman–Crippen LogP) is 4.22. The van der Waals surface area contributed by atoms with Gasteiger partial charge in [-0.2, -0.15) is 0 Å². The monoisotopic (exact) mass is 295 g/mol. The average molecular weight is 296 g/mol. The van der Waals surface area contributed by atoms with Crippen molar-refractivity contribution in [2.45, 2.75) is 19.3 Å². The summed E-state index contributed by atoms with van der Waals surface area (Å²) in [5.41, 5.74) is 0.674. The van der Waals surface area contributed by atoms with E-state index in [1.54, 1.807) is 18.2 Å². The van der Waals surface area contributed by atoms with Gasteiger partial charge in [0, 0.05) is 10.9 Å². The topological polar surface area (TPSA) is 29.1 Å². The molecule has 4 rings (SSSR count). The molecule has 2 nitrogen and oxygen atoms in total. The SMILES string of the molecule is O=C(Nc1ccc(Cl)cc1Cl)C1[C@H]2[C@@H]3CC[C@H](C3)[C@H]12. The molecule has 0 aromatic heterocycles. The molecule has 3 aliphatic rings. The van der Waals surface area contributed by atoms with Crippen molar-refractivity contribution in [1.29, 1.82) is 0 Å². The molecule has 0 heterocycles. The van der Waals surface area contributed by atoms with Crippen LogP contribution in [0.5, 0.6) is 0 Å². The van der Waals surface area contributed by atoms with E-state index >= 15 is 0 Å². The van der Waals surface area contributed by atoms with Crippen molar-refractivity contribution in [3.63, 3.8) is 0 Å². The molecule has 0 saturated heterocycles. The third kappa shape index (κ3) is 1.80. The highest BCUT2D eigenvalue weighted by atomic mass is 35.5. The van der Waals surface area contributed by atoms with E-state index in [0.29, 0.717) is 27.6 Å². The van der Waals surface area contributed by atoms with Gasteiger partial charge in [0.1, 0.15) is 0 Å². The molecule has 1 aromatic rings. The summed E-state index contributed by atoms with van der Waals surface area (Å²) in [6.07, 6.45) is 4.02. The van der Waals surface area contributed by atoms with Crippen LogP contribution in [0.1, 0.15) is 19.3 Å². The molecule has 1 amide bonds. The van der Waals surface area contributed by atoms with Gasteiger partial charge in [0.25, 0.3) is 0 Å². The summed E-state index contributed by atoms with van der Waals surface area (Å²) < 4.78 is 0. The zero-order chi connectivity index (χ0) is 13.1. The molecule has 1 N–H and O–H groups in total. The van der Waals surface area contributed by atoms with Crippen LogP contribution in [0, 0.1) is 29.6 Å². The van der Waals surface area contributed by atoms with Crippen LogP contribution in [0.3, 0.4) is 0 Å². The lowest BCUT2D eigenvalue weighted by molar-refractivity contribution is -0.118. The van der Waals surface area contributed by atoms with E-state index in [-0.39, 0.29) is 11.8 Å². The Balaban J connectivity index is 1.48. The molecule has 0 radical (unpaired) electrons. The van der Waals surface area contributed by atoms with Gasteiger partial charge in [-0.25, -0.2) is 0 Å². The van der Waals surface area contributed by atoms with Crippen LogP contribution in [0.25, 0.3) is 0 Å². The maximum Gasteiger partial charge on any atom is 0.228 e. The lowest BCUT2D eigenvalue weighted by atomic mass is 10.0. The van der Waals surface area contributed by atoms with Gasteiger partial charge in [0.2, 0.25) is 5.91 Å². The molecule has 1 aromatic carbocycles. The number of carbonyl (C=O) groups excluding carboxylic acids is 1. The van der Waals surface area contributed by atoms with Crippen LogP contribution < -0.4 is 5.32 Å². The minimum atomic E-state index is 0.149. The molecular formula is C15H15Cl2NO. The molecule has 100 valence electrons. The molecule has 2 bridgehead atoms. The number of anilines is 1. The number of hydrogen-bond acceptors (Lipinski definition) is 1. The van der Waals surface area contributed by atoms with Gasteiger partial charge in [0.15, 0.2) is 0 Å². The van der Waals surface area contributed by atoms with E-state index in [1.165, 1.54) is 19.3 Å². The normalized spacial score (nSPS) is 38.1. The maximum absolute atomic E-state index is 12.3. The highest BCUT2D eigenvalue weighted by Gasteiger charge is 2.67. The number of rotatable bonds is 2. The van der Waals surface area contributed by atoms with Gasteiger partial charge in [-0.3, -0.25) is 4.79 Å². The summed E-state index contributed by atoms with van der Waals surface area (Å²) in [5, 5.41) is 4.06. The molecule has 19 heavy (non-hydrogen) atoms. The van der Waals surface area contributed by atoms with Gasteiger partial charge < -0.3 is 5.32 Å². The number of carbonyl (C=O) groups is 1. The standard InChI is InChI=1S/C15H15Cl2NO/c16-9-3-4-11(10(17)6-9)18-15(19)14-12-7-1-2-8(5-7)13(12)14/h3-4,6-8,12-14H,1-2,5H2,(H,18,19)/t7-,8-,12+,13+/m1/s1. The Labute approximate surface area is 122 Å². The van der Waals surface area contributed by atoms with Crippen molar-refractivity contribution in [3.05, 3.63) is 28.2 Å². The Kier molecular flexibility index (Phi) is 2.62. The lowest BCUT2D eigenvalue weighted by Crippen LogP contribution is -2.18. The number of amides is 1. The zero-order valence-corrected chi connectivity index (χ0v) is 11.9. The Morgan fingerprint density at radius 1 is 1.16 bits per heavy atom. The van der Waals surface area contributed by atoms with Gasteiger partial charge in [-0.15, -0.1) is 0 Å². The van der Waals surface area contributed by atoms with Crippen molar-refractivity contribution in [1.82, 2.24) is 0 Å². The minimum Gasteiger partial charge on any atom is -0.325 e. The molecule has 0 spiro atoms. The van der Waals surface area contributed by atoms with Crippen LogP contribution in [0.2, 0.25) is 10.0 Å². The first kappa shape index (κ1) is 12.0. The van der Waals surface area contributed by atoms with Gasteiger partial charge in [0.05, 0.1) is 10.7 Å². The summed E-state index contributed by atoms with van der Waals surface area (Å²) in [7, 11) is 0. The van der Waals surface area contributed by atoms with Crippen LogP contribution in [-0.2, 0) is 4.79 Å². The van der Waals surface area contributed by atoms with Gasteiger partial charge in [-0.1, -0.05) is 23.2 Å². The molecule has 4 atom stereocenters. The Morgan fingerprint density at radius 3 is 2.47 bits per heavy atom.